The van der Waals surface area contributed by atoms with Crippen LogP contribution in [0.3, 0.4) is 0 Å². The fourth-order valence-electron chi connectivity index (χ4n) is 1.08. The van der Waals surface area contributed by atoms with Crippen molar-refractivity contribution in [1.29, 1.82) is 0 Å². The highest BCUT2D eigenvalue weighted by Gasteiger charge is 1.95. The van der Waals surface area contributed by atoms with Crippen molar-refractivity contribution in [3.05, 3.63) is 0 Å². The minimum atomic E-state index is 0.334. The largest absolute Gasteiger partial charge is 0.396 e. The van der Waals surface area contributed by atoms with E-state index in [2.05, 4.69) is 17.3 Å². The van der Waals surface area contributed by atoms with Crippen molar-refractivity contribution in [3.8, 4) is 0 Å². The summed E-state index contributed by atoms with van der Waals surface area (Å²) in [6.45, 7) is 3.63. The summed E-state index contributed by atoms with van der Waals surface area (Å²) in [5, 5.41) is 11.7. The van der Waals surface area contributed by atoms with E-state index in [0.717, 1.165) is 32.5 Å². The first-order valence-electron chi connectivity index (χ1n) is 4.75. The molecular formula is C9H22N2O. The number of hydrogen-bond donors (Lipinski definition) is 2. The molecule has 0 bridgehead atoms. The Morgan fingerprint density at radius 2 is 1.92 bits per heavy atom. The molecule has 0 aliphatic rings. The van der Waals surface area contributed by atoms with Crippen LogP contribution in [0.25, 0.3) is 0 Å². The molecule has 0 heterocycles. The van der Waals surface area contributed by atoms with Gasteiger partial charge in [0.15, 0.2) is 0 Å². The van der Waals surface area contributed by atoms with E-state index in [9.17, 15) is 0 Å². The van der Waals surface area contributed by atoms with Gasteiger partial charge in [-0.1, -0.05) is 0 Å². The molecule has 0 aromatic carbocycles. The van der Waals surface area contributed by atoms with Gasteiger partial charge in [-0.2, -0.15) is 0 Å². The smallest absolute Gasteiger partial charge is 0.0431 e. The second-order valence-electron chi connectivity index (χ2n) is 3.19. The van der Waals surface area contributed by atoms with Gasteiger partial charge < -0.3 is 15.3 Å². The van der Waals surface area contributed by atoms with E-state index in [1.165, 1.54) is 6.42 Å². The van der Waals surface area contributed by atoms with Gasteiger partial charge in [-0.3, -0.25) is 0 Å². The number of hydrogen-bond acceptors (Lipinski definition) is 3. The third kappa shape index (κ3) is 7.98. The normalized spacial score (nSPS) is 11.0. The molecule has 0 amide bonds. The lowest BCUT2D eigenvalue weighted by molar-refractivity contribution is 0.273. The summed E-state index contributed by atoms with van der Waals surface area (Å²) < 4.78 is 0. The molecular weight excluding hydrogens is 152 g/mol. The standard InChI is InChI=1S/C9H22N2O/c1-10-6-8-11(2)7-4-3-5-9-12/h10,12H,3-9H2,1-2H3. The van der Waals surface area contributed by atoms with Crippen LogP contribution in [0.2, 0.25) is 0 Å². The molecule has 0 saturated carbocycles. The van der Waals surface area contributed by atoms with Gasteiger partial charge in [0.05, 0.1) is 0 Å². The van der Waals surface area contributed by atoms with Crippen molar-refractivity contribution in [2.24, 2.45) is 0 Å². The molecule has 0 aliphatic carbocycles. The fourth-order valence-corrected chi connectivity index (χ4v) is 1.08. The van der Waals surface area contributed by atoms with E-state index in [4.69, 9.17) is 5.11 Å². The molecule has 2 N–H and O–H groups in total. The van der Waals surface area contributed by atoms with Crippen molar-refractivity contribution in [2.75, 3.05) is 40.3 Å². The number of rotatable bonds is 8. The maximum atomic E-state index is 8.55. The van der Waals surface area contributed by atoms with Crippen molar-refractivity contribution in [3.63, 3.8) is 0 Å². The number of aliphatic hydroxyl groups excluding tert-OH is 1. The Kier molecular flexibility index (Phi) is 8.88. The molecule has 0 aromatic rings. The predicted molar refractivity (Wildman–Crippen MR) is 52.4 cm³/mol. The number of aliphatic hydroxyl groups is 1. The first-order chi connectivity index (χ1) is 5.81. The van der Waals surface area contributed by atoms with E-state index < -0.39 is 0 Å². The van der Waals surface area contributed by atoms with Crippen LogP contribution < -0.4 is 5.32 Å². The molecule has 0 fully saturated rings. The summed E-state index contributed by atoms with van der Waals surface area (Å²) in [5.41, 5.74) is 0. The Bertz CT molecular complexity index is 88.6. The van der Waals surface area contributed by atoms with Gasteiger partial charge in [0.1, 0.15) is 0 Å². The molecule has 0 unspecified atom stereocenters. The number of unbranched alkanes of at least 4 members (excludes halogenated alkanes) is 2. The maximum Gasteiger partial charge on any atom is 0.0431 e. The number of likely N-dealkylation sites (N-methyl/N-ethyl adjacent to an activating group) is 2. The zero-order chi connectivity index (χ0) is 9.23. The van der Waals surface area contributed by atoms with Gasteiger partial charge in [0.2, 0.25) is 0 Å². The molecule has 0 aliphatic heterocycles. The Balaban J connectivity index is 3.02. The minimum Gasteiger partial charge on any atom is -0.396 e. The first-order valence-corrected chi connectivity index (χ1v) is 4.75. The van der Waals surface area contributed by atoms with Gasteiger partial charge in [-0.25, -0.2) is 0 Å². The van der Waals surface area contributed by atoms with Gasteiger partial charge in [0, 0.05) is 19.7 Å². The monoisotopic (exact) mass is 174 g/mol. The summed E-state index contributed by atoms with van der Waals surface area (Å²) in [4.78, 5) is 2.31. The lowest BCUT2D eigenvalue weighted by atomic mass is 10.2. The summed E-state index contributed by atoms with van der Waals surface area (Å²) in [7, 11) is 4.11. The van der Waals surface area contributed by atoms with Crippen molar-refractivity contribution in [1.82, 2.24) is 10.2 Å². The van der Waals surface area contributed by atoms with Crippen LogP contribution in [-0.4, -0.2) is 50.3 Å². The van der Waals surface area contributed by atoms with Crippen molar-refractivity contribution >= 4 is 0 Å². The summed E-state index contributed by atoms with van der Waals surface area (Å²) in [6.07, 6.45) is 3.28. The average molecular weight is 174 g/mol. The van der Waals surface area contributed by atoms with Crippen LogP contribution in [0.5, 0.6) is 0 Å². The zero-order valence-electron chi connectivity index (χ0n) is 8.34. The Morgan fingerprint density at radius 1 is 1.17 bits per heavy atom. The molecule has 0 radical (unpaired) electrons. The Labute approximate surface area is 75.8 Å². The molecule has 0 atom stereocenters. The predicted octanol–water partition coefficient (Wildman–Crippen LogP) is 0.300. The van der Waals surface area contributed by atoms with Gasteiger partial charge in [-0.15, -0.1) is 0 Å². The second kappa shape index (κ2) is 8.97. The second-order valence-corrected chi connectivity index (χ2v) is 3.19. The van der Waals surface area contributed by atoms with Crippen LogP contribution >= 0.6 is 0 Å². The van der Waals surface area contributed by atoms with Crippen molar-refractivity contribution in [2.45, 2.75) is 19.3 Å². The van der Waals surface area contributed by atoms with E-state index in [1.807, 2.05) is 7.05 Å². The molecule has 3 heteroatoms. The lowest BCUT2D eigenvalue weighted by Crippen LogP contribution is -2.28. The minimum absolute atomic E-state index is 0.334. The first kappa shape index (κ1) is 11.9. The van der Waals surface area contributed by atoms with Crippen LogP contribution in [0.15, 0.2) is 0 Å². The Morgan fingerprint density at radius 3 is 2.50 bits per heavy atom. The third-order valence-corrected chi connectivity index (χ3v) is 1.94. The topological polar surface area (TPSA) is 35.5 Å². The summed E-state index contributed by atoms with van der Waals surface area (Å²) >= 11 is 0. The quantitative estimate of drug-likeness (QED) is 0.520. The summed E-state index contributed by atoms with van der Waals surface area (Å²) in [5.74, 6) is 0. The number of nitrogens with zero attached hydrogens (tertiary/aromatic N) is 1. The van der Waals surface area contributed by atoms with Crippen molar-refractivity contribution < 1.29 is 5.11 Å². The van der Waals surface area contributed by atoms with E-state index in [-0.39, 0.29) is 0 Å². The highest BCUT2D eigenvalue weighted by atomic mass is 16.2. The molecule has 74 valence electrons. The van der Waals surface area contributed by atoms with Gasteiger partial charge in [0.25, 0.3) is 0 Å². The molecule has 12 heavy (non-hydrogen) atoms. The lowest BCUT2D eigenvalue weighted by Gasteiger charge is -2.15. The molecule has 3 nitrogen and oxygen atoms in total. The molecule has 0 spiro atoms. The van der Waals surface area contributed by atoms with E-state index in [1.54, 1.807) is 0 Å². The third-order valence-electron chi connectivity index (χ3n) is 1.94. The molecule has 0 aromatic heterocycles. The van der Waals surface area contributed by atoms with E-state index in [0.29, 0.717) is 6.61 Å². The number of nitrogens with one attached hydrogen (secondary N) is 1. The molecule has 0 rings (SSSR count). The Hall–Kier alpha value is -0.120. The van der Waals surface area contributed by atoms with Crippen LogP contribution in [-0.2, 0) is 0 Å². The SMILES string of the molecule is CNCCN(C)CCCCCO. The van der Waals surface area contributed by atoms with Crippen LogP contribution in [0.1, 0.15) is 19.3 Å². The zero-order valence-corrected chi connectivity index (χ0v) is 8.34. The van der Waals surface area contributed by atoms with E-state index >= 15 is 0 Å². The highest BCUT2D eigenvalue weighted by molar-refractivity contribution is 4.53. The average Bonchev–Trinajstić information content (AvgIpc) is 2.09. The molecule has 0 saturated heterocycles. The van der Waals surface area contributed by atoms with Crippen LogP contribution in [0.4, 0.5) is 0 Å². The van der Waals surface area contributed by atoms with Gasteiger partial charge in [-0.05, 0) is 39.9 Å². The summed E-state index contributed by atoms with van der Waals surface area (Å²) in [6, 6.07) is 0. The van der Waals surface area contributed by atoms with Gasteiger partial charge >= 0.3 is 0 Å². The highest BCUT2D eigenvalue weighted by Crippen LogP contribution is 1.95. The van der Waals surface area contributed by atoms with Crippen LogP contribution in [0, 0.1) is 0 Å². The fraction of sp³-hybridized carbons (Fsp3) is 1.00. The maximum absolute atomic E-state index is 8.55.